The molecule has 3 heteroatoms. The minimum Gasteiger partial charge on any atom is -0.355 e. The van der Waals surface area contributed by atoms with Crippen molar-refractivity contribution in [3.63, 3.8) is 0 Å². The van der Waals surface area contributed by atoms with Gasteiger partial charge in [0.15, 0.2) is 0 Å². The summed E-state index contributed by atoms with van der Waals surface area (Å²) in [6, 6.07) is 0. The topological polar surface area (TPSA) is 46.2 Å². The van der Waals surface area contributed by atoms with Crippen LogP contribution in [0.3, 0.4) is 0 Å². The van der Waals surface area contributed by atoms with Crippen LogP contribution < -0.4 is 5.32 Å². The Morgan fingerprint density at radius 1 is 1.27 bits per heavy atom. The fraction of sp³-hybridized carbons (Fsp3) is 0.833. The van der Waals surface area contributed by atoms with Gasteiger partial charge in [-0.1, -0.05) is 27.2 Å². The van der Waals surface area contributed by atoms with Crippen LogP contribution in [0.4, 0.5) is 0 Å². The predicted octanol–water partition coefficient (Wildman–Crippen LogP) is 2.15. The number of carbonyl (C=O) groups excluding carboxylic acids is 2. The normalized spacial score (nSPS) is 11.6. The standard InChI is InChI=1S/C12H23NO2/c1-6-7-8-13-11(15)12(4,5)10(14)9(2)3/h9H,6-8H2,1-5H3,(H,13,15). The number of hydrogen-bond acceptors (Lipinski definition) is 2. The van der Waals surface area contributed by atoms with Crippen LogP contribution >= 0.6 is 0 Å². The van der Waals surface area contributed by atoms with Gasteiger partial charge in [-0.25, -0.2) is 0 Å². The van der Waals surface area contributed by atoms with Crippen molar-refractivity contribution >= 4 is 11.7 Å². The molecule has 0 aliphatic heterocycles. The molecule has 0 aromatic heterocycles. The summed E-state index contributed by atoms with van der Waals surface area (Å²) in [6.45, 7) is 9.75. The van der Waals surface area contributed by atoms with Gasteiger partial charge in [0, 0.05) is 12.5 Å². The molecule has 0 atom stereocenters. The van der Waals surface area contributed by atoms with Crippen molar-refractivity contribution in [2.45, 2.75) is 47.5 Å². The average molecular weight is 213 g/mol. The Bertz CT molecular complexity index is 232. The zero-order valence-corrected chi connectivity index (χ0v) is 10.5. The van der Waals surface area contributed by atoms with Gasteiger partial charge >= 0.3 is 0 Å². The van der Waals surface area contributed by atoms with Crippen LogP contribution in [0.2, 0.25) is 0 Å². The molecule has 0 rings (SSSR count). The molecule has 0 spiro atoms. The number of nitrogens with one attached hydrogen (secondary N) is 1. The minimum atomic E-state index is -0.901. The molecule has 1 amide bonds. The lowest BCUT2D eigenvalue weighted by atomic mass is 9.81. The maximum absolute atomic E-state index is 11.8. The summed E-state index contributed by atoms with van der Waals surface area (Å²) in [5.41, 5.74) is -0.901. The maximum Gasteiger partial charge on any atom is 0.233 e. The summed E-state index contributed by atoms with van der Waals surface area (Å²) in [7, 11) is 0. The molecular weight excluding hydrogens is 190 g/mol. The summed E-state index contributed by atoms with van der Waals surface area (Å²) >= 11 is 0. The van der Waals surface area contributed by atoms with E-state index < -0.39 is 5.41 Å². The SMILES string of the molecule is CCCCNC(=O)C(C)(C)C(=O)C(C)C. The van der Waals surface area contributed by atoms with Crippen LogP contribution in [0.5, 0.6) is 0 Å². The quantitative estimate of drug-likeness (QED) is 0.543. The number of unbranched alkanes of at least 4 members (excludes halogenated alkanes) is 1. The Morgan fingerprint density at radius 2 is 1.80 bits per heavy atom. The Labute approximate surface area is 92.6 Å². The first-order valence-electron chi connectivity index (χ1n) is 5.66. The third-order valence-electron chi connectivity index (χ3n) is 2.52. The lowest BCUT2D eigenvalue weighted by Gasteiger charge is -2.24. The van der Waals surface area contributed by atoms with E-state index >= 15 is 0 Å². The predicted molar refractivity (Wildman–Crippen MR) is 61.5 cm³/mol. The van der Waals surface area contributed by atoms with Gasteiger partial charge in [0.25, 0.3) is 0 Å². The van der Waals surface area contributed by atoms with Crippen LogP contribution in [-0.2, 0) is 9.59 Å². The Kier molecular flexibility index (Phi) is 5.55. The van der Waals surface area contributed by atoms with E-state index in [1.807, 2.05) is 13.8 Å². The molecular formula is C12H23NO2. The van der Waals surface area contributed by atoms with Gasteiger partial charge in [0.1, 0.15) is 11.2 Å². The van der Waals surface area contributed by atoms with E-state index in [0.29, 0.717) is 6.54 Å². The second kappa shape index (κ2) is 5.89. The molecule has 0 unspecified atom stereocenters. The van der Waals surface area contributed by atoms with Crippen LogP contribution in [0.25, 0.3) is 0 Å². The number of rotatable bonds is 6. The van der Waals surface area contributed by atoms with Crippen molar-refractivity contribution in [1.29, 1.82) is 0 Å². The second-order valence-electron chi connectivity index (χ2n) is 4.75. The van der Waals surface area contributed by atoms with Crippen LogP contribution in [0.15, 0.2) is 0 Å². The number of carbonyl (C=O) groups is 2. The molecule has 0 aliphatic carbocycles. The van der Waals surface area contributed by atoms with E-state index in [0.717, 1.165) is 12.8 Å². The fourth-order valence-corrected chi connectivity index (χ4v) is 1.43. The van der Waals surface area contributed by atoms with Gasteiger partial charge in [0.05, 0.1) is 0 Å². The highest BCUT2D eigenvalue weighted by Crippen LogP contribution is 2.21. The van der Waals surface area contributed by atoms with E-state index in [4.69, 9.17) is 0 Å². The molecule has 15 heavy (non-hydrogen) atoms. The molecule has 1 N–H and O–H groups in total. The monoisotopic (exact) mass is 213 g/mol. The summed E-state index contributed by atoms with van der Waals surface area (Å²) in [5, 5.41) is 2.80. The Morgan fingerprint density at radius 3 is 2.20 bits per heavy atom. The second-order valence-corrected chi connectivity index (χ2v) is 4.75. The number of ketones is 1. The molecule has 3 nitrogen and oxygen atoms in total. The smallest absolute Gasteiger partial charge is 0.233 e. The molecule has 0 bridgehead atoms. The highest BCUT2D eigenvalue weighted by Gasteiger charge is 2.36. The van der Waals surface area contributed by atoms with Crippen molar-refractivity contribution in [2.24, 2.45) is 11.3 Å². The first kappa shape index (κ1) is 14.1. The zero-order valence-electron chi connectivity index (χ0n) is 10.5. The van der Waals surface area contributed by atoms with Crippen LogP contribution in [-0.4, -0.2) is 18.2 Å². The van der Waals surface area contributed by atoms with E-state index in [-0.39, 0.29) is 17.6 Å². The fourth-order valence-electron chi connectivity index (χ4n) is 1.43. The lowest BCUT2D eigenvalue weighted by Crippen LogP contribution is -2.44. The summed E-state index contributed by atoms with van der Waals surface area (Å²) in [6.07, 6.45) is 2.00. The highest BCUT2D eigenvalue weighted by atomic mass is 16.2. The maximum atomic E-state index is 11.8. The molecule has 0 saturated heterocycles. The Hall–Kier alpha value is -0.860. The number of Topliss-reactive ketones (excluding diaryl/α,β-unsaturated/α-hetero) is 1. The zero-order chi connectivity index (χ0) is 12.1. The summed E-state index contributed by atoms with van der Waals surface area (Å²) in [4.78, 5) is 23.5. The molecule has 0 aromatic carbocycles. The van der Waals surface area contributed by atoms with Gasteiger partial charge in [-0.2, -0.15) is 0 Å². The Balaban J connectivity index is 4.32. The van der Waals surface area contributed by atoms with Crippen molar-refractivity contribution in [2.75, 3.05) is 6.54 Å². The molecule has 0 saturated carbocycles. The molecule has 0 radical (unpaired) electrons. The van der Waals surface area contributed by atoms with Crippen LogP contribution in [0, 0.1) is 11.3 Å². The van der Waals surface area contributed by atoms with Crippen molar-refractivity contribution in [3.05, 3.63) is 0 Å². The van der Waals surface area contributed by atoms with Crippen LogP contribution in [0.1, 0.15) is 47.5 Å². The van der Waals surface area contributed by atoms with Crippen molar-refractivity contribution < 1.29 is 9.59 Å². The molecule has 0 aromatic rings. The summed E-state index contributed by atoms with van der Waals surface area (Å²) in [5.74, 6) is -0.261. The van der Waals surface area contributed by atoms with E-state index in [1.165, 1.54) is 0 Å². The highest BCUT2D eigenvalue weighted by molar-refractivity contribution is 6.05. The number of hydrogen-bond donors (Lipinski definition) is 1. The average Bonchev–Trinajstić information content (AvgIpc) is 2.16. The largest absolute Gasteiger partial charge is 0.355 e. The molecule has 0 aliphatic rings. The third kappa shape index (κ3) is 4.02. The van der Waals surface area contributed by atoms with Gasteiger partial charge in [-0.15, -0.1) is 0 Å². The molecule has 0 heterocycles. The van der Waals surface area contributed by atoms with Crippen molar-refractivity contribution in [3.8, 4) is 0 Å². The van der Waals surface area contributed by atoms with E-state index in [1.54, 1.807) is 13.8 Å². The summed E-state index contributed by atoms with van der Waals surface area (Å²) < 4.78 is 0. The first-order chi connectivity index (χ1) is 6.84. The lowest BCUT2D eigenvalue weighted by molar-refractivity contribution is -0.141. The third-order valence-corrected chi connectivity index (χ3v) is 2.52. The van der Waals surface area contributed by atoms with Gasteiger partial charge in [0.2, 0.25) is 5.91 Å². The molecule has 88 valence electrons. The van der Waals surface area contributed by atoms with Gasteiger partial charge in [-0.05, 0) is 20.3 Å². The number of amides is 1. The molecule has 0 fully saturated rings. The first-order valence-corrected chi connectivity index (χ1v) is 5.66. The van der Waals surface area contributed by atoms with E-state index in [2.05, 4.69) is 12.2 Å². The van der Waals surface area contributed by atoms with E-state index in [9.17, 15) is 9.59 Å². The minimum absolute atomic E-state index is 0.00324. The van der Waals surface area contributed by atoms with Crippen molar-refractivity contribution in [1.82, 2.24) is 5.32 Å². The van der Waals surface area contributed by atoms with Gasteiger partial charge < -0.3 is 5.32 Å². The van der Waals surface area contributed by atoms with Gasteiger partial charge in [-0.3, -0.25) is 9.59 Å².